The topological polar surface area (TPSA) is 117 Å². The molecule has 30 heavy (non-hydrogen) atoms. The number of hydrazine groups is 1. The third-order valence-electron chi connectivity index (χ3n) is 4.40. The summed E-state index contributed by atoms with van der Waals surface area (Å²) in [5.41, 5.74) is 7.32. The zero-order chi connectivity index (χ0) is 21.7. The van der Waals surface area contributed by atoms with E-state index >= 15 is 0 Å². The van der Waals surface area contributed by atoms with E-state index in [-0.39, 0.29) is 10.5 Å². The van der Waals surface area contributed by atoms with Crippen LogP contribution in [0.25, 0.3) is 0 Å². The molecule has 9 heteroatoms. The van der Waals surface area contributed by atoms with E-state index in [9.17, 15) is 18.0 Å². The summed E-state index contributed by atoms with van der Waals surface area (Å²) < 4.78 is 27.6. The van der Waals surface area contributed by atoms with Gasteiger partial charge in [0.25, 0.3) is 21.8 Å². The first-order chi connectivity index (χ1) is 14.3. The van der Waals surface area contributed by atoms with Crippen LogP contribution >= 0.6 is 0 Å². The van der Waals surface area contributed by atoms with E-state index < -0.39 is 21.8 Å². The van der Waals surface area contributed by atoms with Crippen LogP contribution in [0, 0.1) is 13.8 Å². The number of amides is 2. The minimum Gasteiger partial charge on any atom is -0.280 e. The van der Waals surface area contributed by atoms with E-state index in [1.54, 1.807) is 24.3 Å². The number of benzene rings is 2. The monoisotopic (exact) mass is 424 g/mol. The van der Waals surface area contributed by atoms with Gasteiger partial charge in [-0.15, -0.1) is 0 Å². The maximum absolute atomic E-state index is 12.6. The van der Waals surface area contributed by atoms with Crippen molar-refractivity contribution in [2.24, 2.45) is 0 Å². The van der Waals surface area contributed by atoms with Crippen molar-refractivity contribution in [3.63, 3.8) is 0 Å². The van der Waals surface area contributed by atoms with Crippen LogP contribution in [0.2, 0.25) is 0 Å². The van der Waals surface area contributed by atoms with Gasteiger partial charge in [-0.2, -0.15) is 0 Å². The molecular weight excluding hydrogens is 404 g/mol. The fourth-order valence-electron chi connectivity index (χ4n) is 2.54. The smallest absolute Gasteiger partial charge is 0.271 e. The first-order valence-corrected chi connectivity index (χ1v) is 10.5. The van der Waals surface area contributed by atoms with Crippen molar-refractivity contribution in [2.45, 2.75) is 18.7 Å². The predicted octanol–water partition coefficient (Wildman–Crippen LogP) is 2.57. The molecule has 0 unspecified atom stereocenters. The van der Waals surface area contributed by atoms with Crippen molar-refractivity contribution in [1.29, 1.82) is 0 Å². The Morgan fingerprint density at radius 1 is 0.833 bits per heavy atom. The van der Waals surface area contributed by atoms with Gasteiger partial charge in [0.05, 0.1) is 10.5 Å². The van der Waals surface area contributed by atoms with Crippen LogP contribution in [-0.2, 0) is 10.0 Å². The summed E-state index contributed by atoms with van der Waals surface area (Å²) in [6.45, 7) is 3.75. The van der Waals surface area contributed by atoms with Crippen molar-refractivity contribution < 1.29 is 18.0 Å². The van der Waals surface area contributed by atoms with Gasteiger partial charge in [-0.1, -0.05) is 6.07 Å². The number of pyridine rings is 1. The van der Waals surface area contributed by atoms with Crippen LogP contribution in [0.1, 0.15) is 31.8 Å². The van der Waals surface area contributed by atoms with Crippen molar-refractivity contribution >= 4 is 27.5 Å². The summed E-state index contributed by atoms with van der Waals surface area (Å²) in [6.07, 6.45) is 2.91. The number of nitrogens with one attached hydrogen (secondary N) is 3. The van der Waals surface area contributed by atoms with Crippen LogP contribution in [0.4, 0.5) is 5.69 Å². The van der Waals surface area contributed by atoms with Gasteiger partial charge >= 0.3 is 0 Å². The highest BCUT2D eigenvalue weighted by Gasteiger charge is 2.15. The quantitative estimate of drug-likeness (QED) is 0.544. The van der Waals surface area contributed by atoms with Crippen LogP contribution in [0.5, 0.6) is 0 Å². The molecule has 2 aromatic carbocycles. The lowest BCUT2D eigenvalue weighted by molar-refractivity contribution is 0.0846. The molecule has 0 aliphatic carbocycles. The molecule has 2 amide bonds. The van der Waals surface area contributed by atoms with Gasteiger partial charge in [0.1, 0.15) is 0 Å². The zero-order valence-electron chi connectivity index (χ0n) is 16.3. The van der Waals surface area contributed by atoms with E-state index in [0.29, 0.717) is 11.3 Å². The predicted molar refractivity (Wildman–Crippen MR) is 112 cm³/mol. The molecule has 0 saturated carbocycles. The highest BCUT2D eigenvalue weighted by atomic mass is 32.2. The normalized spacial score (nSPS) is 10.9. The number of hydrogen-bond acceptors (Lipinski definition) is 5. The molecule has 0 radical (unpaired) electrons. The SMILES string of the molecule is Cc1ccc(S(=O)(=O)Nc2ccc(C(=O)NNC(=O)c3cccnc3)cc2)cc1C. The molecule has 3 rings (SSSR count). The number of anilines is 1. The Morgan fingerprint density at radius 3 is 2.10 bits per heavy atom. The number of sulfonamides is 1. The number of carbonyl (C=O) groups excluding carboxylic acids is 2. The number of hydrogen-bond donors (Lipinski definition) is 3. The van der Waals surface area contributed by atoms with E-state index in [4.69, 9.17) is 0 Å². The zero-order valence-corrected chi connectivity index (χ0v) is 17.2. The standard InChI is InChI=1S/C21H20N4O4S/c1-14-5-10-19(12-15(14)2)30(28,29)25-18-8-6-16(7-9-18)20(26)23-24-21(27)17-4-3-11-22-13-17/h3-13,25H,1-2H3,(H,23,26)(H,24,27). The van der Waals surface area contributed by atoms with Crippen LogP contribution < -0.4 is 15.6 Å². The largest absolute Gasteiger partial charge is 0.280 e. The van der Waals surface area contributed by atoms with E-state index in [1.165, 1.54) is 42.7 Å². The van der Waals surface area contributed by atoms with Crippen LogP contribution in [0.3, 0.4) is 0 Å². The number of rotatable bonds is 5. The van der Waals surface area contributed by atoms with E-state index in [0.717, 1.165) is 11.1 Å². The highest BCUT2D eigenvalue weighted by Crippen LogP contribution is 2.19. The molecule has 1 heterocycles. The Morgan fingerprint density at radius 2 is 1.50 bits per heavy atom. The molecule has 0 atom stereocenters. The second kappa shape index (κ2) is 8.75. The summed E-state index contributed by atoms with van der Waals surface area (Å²) in [7, 11) is -3.75. The average molecular weight is 424 g/mol. The Hall–Kier alpha value is -3.72. The maximum Gasteiger partial charge on any atom is 0.271 e. The van der Waals surface area contributed by atoms with Crippen molar-refractivity contribution in [1.82, 2.24) is 15.8 Å². The van der Waals surface area contributed by atoms with Crippen LogP contribution in [0.15, 0.2) is 71.9 Å². The number of nitrogens with zero attached hydrogens (tertiary/aromatic N) is 1. The first kappa shape index (κ1) is 21.0. The summed E-state index contributed by atoms with van der Waals surface area (Å²) in [5.74, 6) is -1.05. The van der Waals surface area contributed by atoms with Crippen molar-refractivity contribution in [3.05, 3.63) is 89.2 Å². The molecule has 1 aromatic heterocycles. The van der Waals surface area contributed by atoms with Gasteiger partial charge in [-0.3, -0.25) is 30.1 Å². The summed E-state index contributed by atoms with van der Waals surface area (Å²) >= 11 is 0. The lowest BCUT2D eigenvalue weighted by Crippen LogP contribution is -2.41. The molecule has 3 aromatic rings. The van der Waals surface area contributed by atoms with Crippen LogP contribution in [-0.4, -0.2) is 25.2 Å². The second-order valence-corrected chi connectivity index (χ2v) is 8.26. The molecule has 0 fully saturated rings. The van der Waals surface area contributed by atoms with Crippen molar-refractivity contribution in [2.75, 3.05) is 4.72 Å². The minimum absolute atomic E-state index is 0.158. The molecule has 154 valence electrons. The first-order valence-electron chi connectivity index (χ1n) is 8.97. The van der Waals surface area contributed by atoms with Gasteiger partial charge in [0.15, 0.2) is 0 Å². The number of aryl methyl sites for hydroxylation is 2. The highest BCUT2D eigenvalue weighted by molar-refractivity contribution is 7.92. The summed E-state index contributed by atoms with van der Waals surface area (Å²) in [4.78, 5) is 28.1. The molecule has 0 aliphatic rings. The van der Waals surface area contributed by atoms with Gasteiger partial charge in [-0.05, 0) is 73.5 Å². The van der Waals surface area contributed by atoms with Gasteiger partial charge in [-0.25, -0.2) is 8.42 Å². The molecule has 0 bridgehead atoms. The van der Waals surface area contributed by atoms with Gasteiger partial charge in [0.2, 0.25) is 0 Å². The Balaban J connectivity index is 1.63. The number of carbonyl (C=O) groups is 2. The molecule has 0 saturated heterocycles. The third-order valence-corrected chi connectivity index (χ3v) is 5.78. The second-order valence-electron chi connectivity index (χ2n) is 6.58. The minimum atomic E-state index is -3.75. The number of aromatic nitrogens is 1. The van der Waals surface area contributed by atoms with E-state index in [1.807, 2.05) is 13.8 Å². The molecule has 3 N–H and O–H groups in total. The lowest BCUT2D eigenvalue weighted by atomic mass is 10.1. The third kappa shape index (κ3) is 5.00. The van der Waals surface area contributed by atoms with Crippen molar-refractivity contribution in [3.8, 4) is 0 Å². The molecular formula is C21H20N4O4S. The Labute approximate surface area is 174 Å². The fourth-order valence-corrected chi connectivity index (χ4v) is 3.68. The molecule has 8 nitrogen and oxygen atoms in total. The maximum atomic E-state index is 12.6. The summed E-state index contributed by atoms with van der Waals surface area (Å²) in [6, 6.07) is 13.9. The summed E-state index contributed by atoms with van der Waals surface area (Å²) in [5, 5.41) is 0. The molecule has 0 aliphatic heterocycles. The fraction of sp³-hybridized carbons (Fsp3) is 0.0952. The van der Waals surface area contributed by atoms with Gasteiger partial charge in [0, 0.05) is 23.6 Å². The molecule has 0 spiro atoms. The Kier molecular flexibility index (Phi) is 6.12. The Bertz CT molecular complexity index is 1180. The average Bonchev–Trinajstić information content (AvgIpc) is 2.74. The van der Waals surface area contributed by atoms with Gasteiger partial charge < -0.3 is 0 Å². The lowest BCUT2D eigenvalue weighted by Gasteiger charge is -2.11. The van der Waals surface area contributed by atoms with E-state index in [2.05, 4.69) is 20.6 Å².